The van der Waals surface area contributed by atoms with Gasteiger partial charge >= 0.3 is 5.69 Å². The van der Waals surface area contributed by atoms with E-state index in [0.29, 0.717) is 10.5 Å². The lowest BCUT2D eigenvalue weighted by molar-refractivity contribution is 0.0970. The molecule has 0 atom stereocenters. The first-order valence-electron chi connectivity index (χ1n) is 5.21. The van der Waals surface area contributed by atoms with Crippen LogP contribution < -0.4 is 5.69 Å². The maximum absolute atomic E-state index is 11.9. The monoisotopic (exact) mass is 260 g/mol. The van der Waals surface area contributed by atoms with Gasteiger partial charge in [-0.1, -0.05) is 6.07 Å². The highest BCUT2D eigenvalue weighted by molar-refractivity contribution is 7.12. The third kappa shape index (κ3) is 1.74. The van der Waals surface area contributed by atoms with Gasteiger partial charge in [0.2, 0.25) is 0 Å². The lowest BCUT2D eigenvalue weighted by Crippen LogP contribution is -2.24. The molecule has 7 heteroatoms. The van der Waals surface area contributed by atoms with Crippen LogP contribution in [0.1, 0.15) is 9.67 Å². The van der Waals surface area contributed by atoms with Crippen molar-refractivity contribution in [2.24, 2.45) is 0 Å². The highest BCUT2D eigenvalue weighted by Gasteiger charge is 2.12. The molecule has 3 aromatic rings. The Morgan fingerprint density at radius 2 is 2.33 bits per heavy atom. The average molecular weight is 260 g/mol. The Kier molecular flexibility index (Phi) is 2.52. The SMILES string of the molecule is O=C(Cn1nc2cnccn2c1=O)c1cccs1. The van der Waals surface area contributed by atoms with Crippen LogP contribution in [0.3, 0.4) is 0 Å². The molecule has 0 aromatic carbocycles. The highest BCUT2D eigenvalue weighted by atomic mass is 32.1. The molecule has 3 aromatic heterocycles. The van der Waals surface area contributed by atoms with Gasteiger partial charge in [0.15, 0.2) is 11.4 Å². The minimum Gasteiger partial charge on any atom is -0.291 e. The van der Waals surface area contributed by atoms with Crippen molar-refractivity contribution in [2.45, 2.75) is 6.54 Å². The summed E-state index contributed by atoms with van der Waals surface area (Å²) in [6.45, 7) is -0.0545. The Morgan fingerprint density at radius 1 is 1.44 bits per heavy atom. The number of hydrogen-bond donors (Lipinski definition) is 0. The lowest BCUT2D eigenvalue weighted by atomic mass is 10.3. The zero-order chi connectivity index (χ0) is 12.5. The van der Waals surface area contributed by atoms with Crippen molar-refractivity contribution in [1.82, 2.24) is 19.2 Å². The lowest BCUT2D eigenvalue weighted by Gasteiger charge is -1.95. The summed E-state index contributed by atoms with van der Waals surface area (Å²) < 4.78 is 2.51. The smallest absolute Gasteiger partial charge is 0.291 e. The van der Waals surface area contributed by atoms with Crippen molar-refractivity contribution in [1.29, 1.82) is 0 Å². The third-order valence-corrected chi connectivity index (χ3v) is 3.39. The number of rotatable bonds is 3. The molecule has 18 heavy (non-hydrogen) atoms. The van der Waals surface area contributed by atoms with E-state index in [1.807, 2.05) is 5.38 Å². The fourth-order valence-electron chi connectivity index (χ4n) is 1.63. The molecule has 6 nitrogen and oxygen atoms in total. The van der Waals surface area contributed by atoms with Gasteiger partial charge in [0.1, 0.15) is 6.54 Å². The van der Waals surface area contributed by atoms with Crippen LogP contribution in [0.2, 0.25) is 0 Å². The standard InChI is InChI=1S/C11H8N4O2S/c16-8(9-2-1-5-18-9)7-15-11(17)14-4-3-12-6-10(14)13-15/h1-6H,7H2. The van der Waals surface area contributed by atoms with Crippen molar-refractivity contribution in [3.05, 3.63) is 51.5 Å². The number of aromatic nitrogens is 4. The van der Waals surface area contributed by atoms with Crippen LogP contribution in [0.25, 0.3) is 5.65 Å². The Hall–Kier alpha value is -2.28. The summed E-state index contributed by atoms with van der Waals surface area (Å²) in [4.78, 5) is 28.3. The molecule has 0 unspecified atom stereocenters. The summed E-state index contributed by atoms with van der Waals surface area (Å²) in [5, 5.41) is 5.87. The summed E-state index contributed by atoms with van der Waals surface area (Å²) >= 11 is 1.35. The number of carbonyl (C=O) groups is 1. The first kappa shape index (κ1) is 10.8. The van der Waals surface area contributed by atoms with Gasteiger partial charge in [-0.15, -0.1) is 16.4 Å². The Morgan fingerprint density at radius 3 is 3.06 bits per heavy atom. The van der Waals surface area contributed by atoms with Gasteiger partial charge in [-0.05, 0) is 11.4 Å². The molecule has 90 valence electrons. The molecule has 0 saturated carbocycles. The topological polar surface area (TPSA) is 69.3 Å². The molecule has 0 aliphatic rings. The van der Waals surface area contributed by atoms with Gasteiger partial charge in [0.25, 0.3) is 0 Å². The van der Waals surface area contributed by atoms with Crippen molar-refractivity contribution in [3.8, 4) is 0 Å². The molecule has 0 saturated heterocycles. The van der Waals surface area contributed by atoms with E-state index in [1.54, 1.807) is 12.1 Å². The molecule has 0 fully saturated rings. The number of nitrogens with zero attached hydrogens (tertiary/aromatic N) is 4. The van der Waals surface area contributed by atoms with Crippen molar-refractivity contribution in [3.63, 3.8) is 0 Å². The molecule has 0 radical (unpaired) electrons. The van der Waals surface area contributed by atoms with Crippen LogP contribution in [-0.2, 0) is 6.54 Å². The van der Waals surface area contributed by atoms with Gasteiger partial charge in [0, 0.05) is 12.4 Å². The second-order valence-corrected chi connectivity index (χ2v) is 4.59. The predicted octanol–water partition coefficient (Wildman–Crippen LogP) is 0.835. The first-order valence-corrected chi connectivity index (χ1v) is 6.09. The maximum Gasteiger partial charge on any atom is 0.350 e. The summed E-state index contributed by atoms with van der Waals surface area (Å²) in [7, 11) is 0. The van der Waals surface area contributed by atoms with Gasteiger partial charge in [-0.2, -0.15) is 0 Å². The largest absolute Gasteiger partial charge is 0.350 e. The third-order valence-electron chi connectivity index (χ3n) is 2.48. The van der Waals surface area contributed by atoms with Crippen LogP contribution in [-0.4, -0.2) is 24.9 Å². The zero-order valence-electron chi connectivity index (χ0n) is 9.18. The summed E-state index contributed by atoms with van der Waals surface area (Å²) in [6.07, 6.45) is 4.51. The summed E-state index contributed by atoms with van der Waals surface area (Å²) in [5.41, 5.74) is 0.0961. The minimum absolute atomic E-state index is 0.0545. The normalized spacial score (nSPS) is 10.9. The number of carbonyl (C=O) groups excluding carboxylic acids is 1. The van der Waals surface area contributed by atoms with E-state index < -0.39 is 0 Å². The number of hydrogen-bond acceptors (Lipinski definition) is 5. The Bertz CT molecular complexity index is 757. The van der Waals surface area contributed by atoms with Crippen LogP contribution in [0.15, 0.2) is 40.9 Å². The van der Waals surface area contributed by atoms with Crippen LogP contribution in [0.5, 0.6) is 0 Å². The van der Waals surface area contributed by atoms with E-state index in [2.05, 4.69) is 10.1 Å². The van der Waals surface area contributed by atoms with Gasteiger partial charge < -0.3 is 0 Å². The second kappa shape index (κ2) is 4.19. The van der Waals surface area contributed by atoms with Crippen LogP contribution in [0.4, 0.5) is 0 Å². The van der Waals surface area contributed by atoms with E-state index in [9.17, 15) is 9.59 Å². The minimum atomic E-state index is -0.336. The molecule has 0 spiro atoms. The maximum atomic E-state index is 11.9. The highest BCUT2D eigenvalue weighted by Crippen LogP contribution is 2.09. The predicted molar refractivity (Wildman–Crippen MR) is 65.9 cm³/mol. The molecule has 0 amide bonds. The summed E-state index contributed by atoms with van der Waals surface area (Å²) in [5.74, 6) is -0.122. The number of thiophene rings is 1. The van der Waals surface area contributed by atoms with E-state index in [1.165, 1.54) is 34.3 Å². The van der Waals surface area contributed by atoms with Crippen LogP contribution in [0, 0.1) is 0 Å². The molecule has 0 aliphatic heterocycles. The second-order valence-electron chi connectivity index (χ2n) is 3.65. The van der Waals surface area contributed by atoms with E-state index in [0.717, 1.165) is 4.68 Å². The van der Waals surface area contributed by atoms with Crippen molar-refractivity contribution < 1.29 is 4.79 Å². The van der Waals surface area contributed by atoms with E-state index in [4.69, 9.17) is 0 Å². The van der Waals surface area contributed by atoms with E-state index >= 15 is 0 Å². The molecule has 0 bridgehead atoms. The molecule has 3 heterocycles. The first-order chi connectivity index (χ1) is 8.75. The van der Waals surface area contributed by atoms with Gasteiger partial charge in [0.05, 0.1) is 11.1 Å². The quantitative estimate of drug-likeness (QED) is 0.654. The van der Waals surface area contributed by atoms with Crippen LogP contribution >= 0.6 is 11.3 Å². The fourth-order valence-corrected chi connectivity index (χ4v) is 2.29. The van der Waals surface area contributed by atoms with Gasteiger partial charge in [-0.3, -0.25) is 9.78 Å². The Balaban J connectivity index is 1.98. The average Bonchev–Trinajstić information content (AvgIpc) is 3.00. The number of ketones is 1. The molecule has 3 rings (SSSR count). The molecule has 0 aliphatic carbocycles. The van der Waals surface area contributed by atoms with Crippen molar-refractivity contribution in [2.75, 3.05) is 0 Å². The molecular weight excluding hydrogens is 252 g/mol. The molecule has 0 N–H and O–H groups in total. The zero-order valence-corrected chi connectivity index (χ0v) is 10.0. The van der Waals surface area contributed by atoms with Gasteiger partial charge in [-0.25, -0.2) is 13.9 Å². The van der Waals surface area contributed by atoms with Crippen molar-refractivity contribution >= 4 is 22.8 Å². The fraction of sp³-hybridized carbons (Fsp3) is 0.0909. The Labute approximate surface area is 105 Å². The summed E-state index contributed by atoms with van der Waals surface area (Å²) in [6, 6.07) is 3.53. The number of fused-ring (bicyclic) bond motifs is 1. The molecular formula is C11H8N4O2S. The number of Topliss-reactive ketones (excluding diaryl/α,β-unsaturated/α-hetero) is 1. The van der Waals surface area contributed by atoms with E-state index in [-0.39, 0.29) is 18.0 Å².